The number of nitrogens with one attached hydrogen (secondary N) is 1. The van der Waals surface area contributed by atoms with Crippen molar-refractivity contribution in [3.8, 4) is 17.2 Å². The van der Waals surface area contributed by atoms with Crippen LogP contribution in [0, 0.1) is 5.82 Å². The zero-order chi connectivity index (χ0) is 21.9. The van der Waals surface area contributed by atoms with Crippen LogP contribution in [0.15, 0.2) is 47.5 Å². The summed E-state index contributed by atoms with van der Waals surface area (Å²) in [5, 5.41) is 13.9. The minimum atomic E-state index is -0.854. The van der Waals surface area contributed by atoms with Crippen LogP contribution in [0.1, 0.15) is 18.6 Å². The van der Waals surface area contributed by atoms with E-state index < -0.39 is 6.10 Å². The van der Waals surface area contributed by atoms with Crippen LogP contribution in [0.4, 0.5) is 4.39 Å². The van der Waals surface area contributed by atoms with E-state index in [0.717, 1.165) is 0 Å². The molecule has 0 aromatic heterocycles. The normalized spacial score (nSPS) is 12.3. The van der Waals surface area contributed by atoms with E-state index in [9.17, 15) is 9.50 Å². The molecule has 1 unspecified atom stereocenters. The van der Waals surface area contributed by atoms with Crippen molar-refractivity contribution in [1.29, 1.82) is 0 Å². The highest BCUT2D eigenvalue weighted by Crippen LogP contribution is 2.29. The van der Waals surface area contributed by atoms with Gasteiger partial charge in [0.2, 0.25) is 0 Å². The number of hydrogen-bond donors (Lipinski definition) is 2. The molecule has 0 amide bonds. The molecule has 164 valence electrons. The van der Waals surface area contributed by atoms with Crippen LogP contribution in [0.3, 0.4) is 0 Å². The van der Waals surface area contributed by atoms with Crippen LogP contribution in [-0.2, 0) is 0 Å². The third-order valence-corrected chi connectivity index (χ3v) is 4.42. The molecule has 0 heterocycles. The summed E-state index contributed by atoms with van der Waals surface area (Å²) in [5.41, 5.74) is 0.610. The number of aliphatic imine (C=N–C) groups is 1. The lowest BCUT2D eigenvalue weighted by atomic mass is 10.1. The topological polar surface area (TPSA) is 75.6 Å². The van der Waals surface area contributed by atoms with Crippen molar-refractivity contribution < 1.29 is 23.7 Å². The lowest BCUT2D eigenvalue weighted by molar-refractivity contribution is 0.181. The Morgan fingerprint density at radius 2 is 1.83 bits per heavy atom. The lowest BCUT2D eigenvalue weighted by Crippen LogP contribution is -2.41. The molecule has 7 nitrogen and oxygen atoms in total. The van der Waals surface area contributed by atoms with Gasteiger partial charge in [-0.05, 0) is 49.4 Å². The third kappa shape index (κ3) is 6.81. The van der Waals surface area contributed by atoms with Crippen LogP contribution in [0.25, 0.3) is 0 Å². The molecule has 30 heavy (non-hydrogen) atoms. The van der Waals surface area contributed by atoms with E-state index in [0.29, 0.717) is 48.5 Å². The van der Waals surface area contributed by atoms with E-state index in [1.54, 1.807) is 44.6 Å². The Morgan fingerprint density at radius 1 is 1.13 bits per heavy atom. The zero-order valence-corrected chi connectivity index (χ0v) is 17.9. The first-order chi connectivity index (χ1) is 14.5. The monoisotopic (exact) mass is 419 g/mol. The maximum Gasteiger partial charge on any atom is 0.193 e. The van der Waals surface area contributed by atoms with Gasteiger partial charge in [-0.2, -0.15) is 0 Å². The summed E-state index contributed by atoms with van der Waals surface area (Å²) in [7, 11) is 5.01. The van der Waals surface area contributed by atoms with Gasteiger partial charge >= 0.3 is 0 Å². The molecule has 0 saturated heterocycles. The number of benzene rings is 2. The summed E-state index contributed by atoms with van der Waals surface area (Å²) < 4.78 is 29.2. The number of aliphatic hydroxyl groups is 1. The first-order valence-corrected chi connectivity index (χ1v) is 9.76. The van der Waals surface area contributed by atoms with Gasteiger partial charge in [-0.3, -0.25) is 4.99 Å². The predicted octanol–water partition coefficient (Wildman–Crippen LogP) is 2.85. The molecule has 8 heteroatoms. The molecule has 2 aromatic carbocycles. The highest BCUT2D eigenvalue weighted by Gasteiger charge is 2.15. The first-order valence-electron chi connectivity index (χ1n) is 9.76. The van der Waals surface area contributed by atoms with Crippen molar-refractivity contribution in [3.63, 3.8) is 0 Å². The third-order valence-electron chi connectivity index (χ3n) is 4.42. The highest BCUT2D eigenvalue weighted by molar-refractivity contribution is 5.79. The van der Waals surface area contributed by atoms with Gasteiger partial charge in [-0.1, -0.05) is 0 Å². The largest absolute Gasteiger partial charge is 0.497 e. The van der Waals surface area contributed by atoms with Crippen LogP contribution in [0.2, 0.25) is 0 Å². The van der Waals surface area contributed by atoms with Crippen LogP contribution >= 0.6 is 0 Å². The van der Waals surface area contributed by atoms with Gasteiger partial charge in [-0.25, -0.2) is 4.39 Å². The number of methoxy groups -OCH3 is 2. The van der Waals surface area contributed by atoms with E-state index in [4.69, 9.17) is 14.2 Å². The summed E-state index contributed by atoms with van der Waals surface area (Å²) in [6.45, 7) is 3.76. The fourth-order valence-electron chi connectivity index (χ4n) is 2.78. The van der Waals surface area contributed by atoms with Gasteiger partial charge < -0.3 is 29.5 Å². The maximum absolute atomic E-state index is 13.0. The number of nitrogens with zero attached hydrogens (tertiary/aromatic N) is 2. The van der Waals surface area contributed by atoms with Crippen molar-refractivity contribution in [1.82, 2.24) is 10.2 Å². The Hall–Kier alpha value is -3.00. The molecule has 0 fully saturated rings. The van der Waals surface area contributed by atoms with Crippen molar-refractivity contribution in [2.24, 2.45) is 4.99 Å². The second kappa shape index (κ2) is 11.9. The van der Waals surface area contributed by atoms with E-state index in [-0.39, 0.29) is 12.4 Å². The van der Waals surface area contributed by atoms with Crippen LogP contribution in [-0.4, -0.2) is 63.5 Å². The summed E-state index contributed by atoms with van der Waals surface area (Å²) in [4.78, 5) is 6.44. The molecule has 0 aliphatic heterocycles. The van der Waals surface area contributed by atoms with E-state index in [1.165, 1.54) is 12.1 Å². The van der Waals surface area contributed by atoms with Gasteiger partial charge in [-0.15, -0.1) is 0 Å². The summed E-state index contributed by atoms with van der Waals surface area (Å²) >= 11 is 0. The van der Waals surface area contributed by atoms with Crippen molar-refractivity contribution >= 4 is 5.96 Å². The van der Waals surface area contributed by atoms with Crippen LogP contribution < -0.4 is 19.5 Å². The Balaban J connectivity index is 1.99. The van der Waals surface area contributed by atoms with E-state index in [2.05, 4.69) is 10.3 Å². The standard InChI is InChI=1S/C22H30FN3O4/c1-5-24-22(26(2)12-13-30-17-8-6-16(23)7-9-17)25-15-20(27)19-14-18(28-3)10-11-21(19)29-4/h6-11,14,20,27H,5,12-13,15H2,1-4H3,(H,24,25). The second-order valence-corrected chi connectivity index (χ2v) is 6.54. The fourth-order valence-corrected chi connectivity index (χ4v) is 2.78. The minimum absolute atomic E-state index is 0.148. The summed E-state index contributed by atoms with van der Waals surface area (Å²) in [6.07, 6.45) is -0.854. The molecule has 0 aliphatic rings. The summed E-state index contributed by atoms with van der Waals surface area (Å²) in [5.74, 6) is 2.15. The van der Waals surface area contributed by atoms with Gasteiger partial charge in [0, 0.05) is 19.2 Å². The molecule has 2 N–H and O–H groups in total. The Morgan fingerprint density at radius 3 is 2.47 bits per heavy atom. The highest BCUT2D eigenvalue weighted by atomic mass is 19.1. The molecular weight excluding hydrogens is 389 g/mol. The first kappa shape index (κ1) is 23.3. The molecule has 0 spiro atoms. The molecule has 1 atom stereocenters. The molecule has 2 aromatic rings. The number of hydrogen-bond acceptors (Lipinski definition) is 5. The van der Waals surface area contributed by atoms with E-state index in [1.807, 2.05) is 18.9 Å². The van der Waals surface area contributed by atoms with Gasteiger partial charge in [0.25, 0.3) is 0 Å². The summed E-state index contributed by atoms with van der Waals surface area (Å²) in [6, 6.07) is 11.2. The quantitative estimate of drug-likeness (QED) is 0.456. The number of guanidine groups is 1. The van der Waals surface area contributed by atoms with Gasteiger partial charge in [0.1, 0.15) is 35.8 Å². The molecule has 0 saturated carbocycles. The SMILES string of the molecule is CCNC(=NCC(O)c1cc(OC)ccc1OC)N(C)CCOc1ccc(F)cc1. The van der Waals surface area contributed by atoms with Gasteiger partial charge in [0.05, 0.1) is 27.3 Å². The smallest absolute Gasteiger partial charge is 0.193 e. The predicted molar refractivity (Wildman–Crippen MR) is 115 cm³/mol. The molecule has 0 bridgehead atoms. The van der Waals surface area contributed by atoms with Gasteiger partial charge in [0.15, 0.2) is 5.96 Å². The minimum Gasteiger partial charge on any atom is -0.497 e. The number of halogens is 1. The molecule has 0 aliphatic carbocycles. The maximum atomic E-state index is 13.0. The molecule has 0 radical (unpaired) electrons. The molecule has 2 rings (SSSR count). The zero-order valence-electron chi connectivity index (χ0n) is 17.9. The number of rotatable bonds is 10. The second-order valence-electron chi connectivity index (χ2n) is 6.54. The Bertz CT molecular complexity index is 815. The lowest BCUT2D eigenvalue weighted by Gasteiger charge is -2.23. The Labute approximate surface area is 177 Å². The van der Waals surface area contributed by atoms with Crippen molar-refractivity contribution in [2.75, 3.05) is 47.5 Å². The fraction of sp³-hybridized carbons (Fsp3) is 0.409. The molecular formula is C22H30FN3O4. The van der Waals surface area contributed by atoms with E-state index >= 15 is 0 Å². The number of likely N-dealkylation sites (N-methyl/N-ethyl adjacent to an activating group) is 1. The number of ether oxygens (including phenoxy) is 3. The Kier molecular flexibility index (Phi) is 9.21. The number of aliphatic hydroxyl groups excluding tert-OH is 1. The average Bonchev–Trinajstić information content (AvgIpc) is 2.77. The van der Waals surface area contributed by atoms with Crippen molar-refractivity contribution in [3.05, 3.63) is 53.8 Å². The van der Waals surface area contributed by atoms with Crippen molar-refractivity contribution in [2.45, 2.75) is 13.0 Å². The average molecular weight is 419 g/mol. The van der Waals surface area contributed by atoms with Crippen LogP contribution in [0.5, 0.6) is 17.2 Å².